The number of nitrogens with one attached hydrogen (secondary N) is 1. The normalized spacial score (nSPS) is 11.6. The van der Waals surface area contributed by atoms with Gasteiger partial charge in [-0.05, 0) is 42.5 Å². The van der Waals surface area contributed by atoms with E-state index >= 15 is 0 Å². The first-order valence-corrected chi connectivity index (χ1v) is 8.24. The van der Waals surface area contributed by atoms with Gasteiger partial charge >= 0.3 is 0 Å². The van der Waals surface area contributed by atoms with Gasteiger partial charge in [-0.2, -0.15) is 0 Å². The van der Waals surface area contributed by atoms with Crippen LogP contribution in [0.2, 0.25) is 0 Å². The lowest BCUT2D eigenvalue weighted by Crippen LogP contribution is -2.26. The number of hydrogen-bond donors (Lipinski definition) is 2. The van der Waals surface area contributed by atoms with Crippen molar-refractivity contribution >= 4 is 27.0 Å². The highest BCUT2D eigenvalue weighted by Gasteiger charge is 2.17. The molecule has 0 aliphatic rings. The average molecular weight is 296 g/mol. The number of nitrogen functional groups attached to an aromatic ring is 1. The number of anilines is 1. The van der Waals surface area contributed by atoms with Crippen LogP contribution in [0, 0.1) is 6.92 Å². The molecule has 102 valence electrons. The third-order valence-electron chi connectivity index (χ3n) is 2.86. The fraction of sp³-hybridized carbons (Fsp3) is 0.231. The Morgan fingerprint density at radius 3 is 2.74 bits per heavy atom. The van der Waals surface area contributed by atoms with Crippen molar-refractivity contribution in [3.63, 3.8) is 0 Å². The summed E-state index contributed by atoms with van der Waals surface area (Å²) in [4.78, 5) is 1.41. The summed E-state index contributed by atoms with van der Waals surface area (Å²) in [5.74, 6) is 0. The molecular formula is C13H16N2O2S2. The molecule has 2 rings (SSSR count). The number of hydrogen-bond acceptors (Lipinski definition) is 4. The topological polar surface area (TPSA) is 72.2 Å². The largest absolute Gasteiger partial charge is 0.398 e. The second-order valence-electron chi connectivity index (χ2n) is 4.20. The maximum Gasteiger partial charge on any atom is 0.240 e. The molecule has 0 radical (unpaired) electrons. The third-order valence-corrected chi connectivity index (χ3v) is 5.40. The Kier molecular flexibility index (Phi) is 4.24. The lowest BCUT2D eigenvalue weighted by Gasteiger charge is -2.10. The van der Waals surface area contributed by atoms with E-state index in [9.17, 15) is 8.42 Å². The second kappa shape index (κ2) is 5.73. The predicted molar refractivity (Wildman–Crippen MR) is 78.8 cm³/mol. The molecule has 0 fully saturated rings. The molecule has 0 atom stereocenters. The molecule has 0 bridgehead atoms. The minimum Gasteiger partial charge on any atom is -0.398 e. The van der Waals surface area contributed by atoms with Crippen molar-refractivity contribution in [2.75, 3.05) is 12.3 Å². The van der Waals surface area contributed by atoms with Crippen LogP contribution in [0.25, 0.3) is 0 Å². The number of benzene rings is 1. The van der Waals surface area contributed by atoms with Crippen LogP contribution in [0.5, 0.6) is 0 Å². The lowest BCUT2D eigenvalue weighted by atomic mass is 10.2. The summed E-state index contributed by atoms with van der Waals surface area (Å²) in [5.41, 5.74) is 6.81. The van der Waals surface area contributed by atoms with Gasteiger partial charge in [0.25, 0.3) is 0 Å². The van der Waals surface area contributed by atoms with Crippen LogP contribution < -0.4 is 10.5 Å². The lowest BCUT2D eigenvalue weighted by molar-refractivity contribution is 0.581. The van der Waals surface area contributed by atoms with Gasteiger partial charge in [0.05, 0.1) is 4.90 Å². The number of nitrogens with two attached hydrogens (primary N) is 1. The average Bonchev–Trinajstić information content (AvgIpc) is 2.85. The minimum absolute atomic E-state index is 0.249. The SMILES string of the molecule is Cc1c(N)cccc1S(=O)(=O)NCCc1cccs1. The van der Waals surface area contributed by atoms with Crippen LogP contribution >= 0.6 is 11.3 Å². The van der Waals surface area contributed by atoms with Crippen molar-refractivity contribution in [3.8, 4) is 0 Å². The number of sulfonamides is 1. The van der Waals surface area contributed by atoms with Crippen molar-refractivity contribution in [3.05, 3.63) is 46.2 Å². The molecule has 3 N–H and O–H groups in total. The predicted octanol–water partition coefficient (Wildman–Crippen LogP) is 2.16. The maximum atomic E-state index is 12.2. The Morgan fingerprint density at radius 2 is 2.05 bits per heavy atom. The molecule has 6 heteroatoms. The van der Waals surface area contributed by atoms with Crippen LogP contribution in [0.1, 0.15) is 10.4 Å². The van der Waals surface area contributed by atoms with Crippen molar-refractivity contribution in [1.29, 1.82) is 0 Å². The zero-order valence-electron chi connectivity index (χ0n) is 10.6. The van der Waals surface area contributed by atoms with Gasteiger partial charge < -0.3 is 5.73 Å². The Balaban J connectivity index is 2.08. The first-order chi connectivity index (χ1) is 9.00. The zero-order chi connectivity index (χ0) is 13.9. The van der Waals surface area contributed by atoms with Crippen molar-refractivity contribution in [2.45, 2.75) is 18.2 Å². The molecule has 0 aliphatic carbocycles. The van der Waals surface area contributed by atoms with E-state index in [-0.39, 0.29) is 4.90 Å². The van der Waals surface area contributed by atoms with E-state index in [1.54, 1.807) is 36.5 Å². The highest BCUT2D eigenvalue weighted by atomic mass is 32.2. The molecule has 2 aromatic rings. The molecule has 0 saturated heterocycles. The van der Waals surface area contributed by atoms with Crippen LogP contribution in [0.3, 0.4) is 0 Å². The van der Waals surface area contributed by atoms with E-state index in [1.807, 2.05) is 17.5 Å². The molecule has 0 amide bonds. The van der Waals surface area contributed by atoms with Crippen LogP contribution in [0.15, 0.2) is 40.6 Å². The summed E-state index contributed by atoms with van der Waals surface area (Å²) in [6.07, 6.45) is 0.693. The Hall–Kier alpha value is -1.37. The van der Waals surface area contributed by atoms with Gasteiger partial charge in [0.15, 0.2) is 0 Å². The van der Waals surface area contributed by atoms with Gasteiger partial charge in [-0.15, -0.1) is 11.3 Å². The van der Waals surface area contributed by atoms with Gasteiger partial charge in [-0.25, -0.2) is 13.1 Å². The Labute approximate surface area is 117 Å². The standard InChI is InChI=1S/C13H16N2O2S2/c1-10-12(14)5-2-6-13(10)19(16,17)15-8-7-11-4-3-9-18-11/h2-6,9,15H,7-8,14H2,1H3. The van der Waals surface area contributed by atoms with Crippen LogP contribution in [0.4, 0.5) is 5.69 Å². The van der Waals surface area contributed by atoms with Crippen LogP contribution in [-0.2, 0) is 16.4 Å². The fourth-order valence-electron chi connectivity index (χ4n) is 1.76. The van der Waals surface area contributed by atoms with Gasteiger partial charge in [-0.3, -0.25) is 0 Å². The van der Waals surface area contributed by atoms with Crippen molar-refractivity contribution < 1.29 is 8.42 Å². The summed E-state index contributed by atoms with van der Waals surface area (Å²) in [6, 6.07) is 8.86. The maximum absolute atomic E-state index is 12.2. The molecule has 0 aliphatic heterocycles. The zero-order valence-corrected chi connectivity index (χ0v) is 12.2. The molecule has 0 unspecified atom stereocenters. The Bertz CT molecular complexity index is 649. The summed E-state index contributed by atoms with van der Waals surface area (Å²) < 4.78 is 26.9. The summed E-state index contributed by atoms with van der Waals surface area (Å²) in [6.45, 7) is 2.10. The number of rotatable bonds is 5. The van der Waals surface area contributed by atoms with E-state index in [4.69, 9.17) is 5.73 Å². The molecule has 1 aromatic carbocycles. The van der Waals surface area contributed by atoms with Gasteiger partial charge in [-0.1, -0.05) is 12.1 Å². The molecule has 1 aromatic heterocycles. The quantitative estimate of drug-likeness (QED) is 0.831. The molecule has 0 spiro atoms. The van der Waals surface area contributed by atoms with Gasteiger partial charge in [0, 0.05) is 17.1 Å². The summed E-state index contributed by atoms with van der Waals surface area (Å²) in [7, 11) is -3.49. The first-order valence-electron chi connectivity index (χ1n) is 5.88. The molecule has 19 heavy (non-hydrogen) atoms. The van der Waals surface area contributed by atoms with Crippen LogP contribution in [-0.4, -0.2) is 15.0 Å². The highest BCUT2D eigenvalue weighted by Crippen LogP contribution is 2.20. The van der Waals surface area contributed by atoms with E-state index in [0.717, 1.165) is 4.88 Å². The molecular weight excluding hydrogens is 280 g/mol. The van der Waals surface area contributed by atoms with E-state index < -0.39 is 10.0 Å². The fourth-order valence-corrected chi connectivity index (χ4v) is 3.78. The van der Waals surface area contributed by atoms with Crippen molar-refractivity contribution in [1.82, 2.24) is 4.72 Å². The third kappa shape index (κ3) is 3.34. The molecule has 4 nitrogen and oxygen atoms in total. The molecule has 0 saturated carbocycles. The monoisotopic (exact) mass is 296 g/mol. The van der Waals surface area contributed by atoms with E-state index in [0.29, 0.717) is 24.2 Å². The minimum atomic E-state index is -3.49. The molecule has 1 heterocycles. The van der Waals surface area contributed by atoms with E-state index in [1.165, 1.54) is 0 Å². The van der Waals surface area contributed by atoms with Gasteiger partial charge in [0.1, 0.15) is 0 Å². The first kappa shape index (κ1) is 14.0. The van der Waals surface area contributed by atoms with Crippen molar-refractivity contribution in [2.24, 2.45) is 0 Å². The smallest absolute Gasteiger partial charge is 0.240 e. The Morgan fingerprint density at radius 1 is 1.26 bits per heavy atom. The summed E-state index contributed by atoms with van der Waals surface area (Å²) >= 11 is 1.62. The van der Waals surface area contributed by atoms with E-state index in [2.05, 4.69) is 4.72 Å². The van der Waals surface area contributed by atoms with Gasteiger partial charge in [0.2, 0.25) is 10.0 Å². The highest BCUT2D eigenvalue weighted by molar-refractivity contribution is 7.89. The number of thiophene rings is 1. The summed E-state index contributed by atoms with van der Waals surface area (Å²) in [5, 5.41) is 1.98. The second-order valence-corrected chi connectivity index (χ2v) is 6.97.